The second-order valence-electron chi connectivity index (χ2n) is 17.8. The van der Waals surface area contributed by atoms with Crippen molar-refractivity contribution in [1.29, 1.82) is 0 Å². The molecule has 2 aliphatic rings. The minimum atomic E-state index is -0.764. The predicted molar refractivity (Wildman–Crippen MR) is 239 cm³/mol. The first kappa shape index (κ1) is 44.9. The van der Waals surface area contributed by atoms with Crippen LogP contribution < -0.4 is 15.4 Å². The van der Waals surface area contributed by atoms with Crippen molar-refractivity contribution < 1.29 is 38.1 Å². The van der Waals surface area contributed by atoms with Gasteiger partial charge in [0, 0.05) is 37.1 Å². The number of H-pyrrole nitrogens is 2. The molecular formula is C47H60N8O8. The molecule has 0 unspecified atom stereocenters. The van der Waals surface area contributed by atoms with Gasteiger partial charge in [-0.1, -0.05) is 59.7 Å². The number of alkyl carbamates (subject to hydrolysis) is 2. The Kier molecular flexibility index (Phi) is 13.3. The molecule has 4 amide bonds. The van der Waals surface area contributed by atoms with Crippen LogP contribution in [-0.2, 0) is 30.4 Å². The van der Waals surface area contributed by atoms with Crippen molar-refractivity contribution in [3.63, 3.8) is 0 Å². The Hall–Kier alpha value is -6.16. The van der Waals surface area contributed by atoms with E-state index in [1.54, 1.807) is 18.2 Å². The van der Waals surface area contributed by atoms with Crippen molar-refractivity contribution in [3.8, 4) is 28.1 Å². The number of ether oxygens (including phenoxy) is 4. The van der Waals surface area contributed by atoms with Crippen LogP contribution in [0.1, 0.15) is 84.2 Å². The lowest BCUT2D eigenvalue weighted by molar-refractivity contribution is -0.137. The highest BCUT2D eigenvalue weighted by atomic mass is 16.5. The summed E-state index contributed by atoms with van der Waals surface area (Å²) in [5.74, 6) is 1.61. The third kappa shape index (κ3) is 9.17. The summed E-state index contributed by atoms with van der Waals surface area (Å²) in [5, 5.41) is 7.37. The molecule has 0 radical (unpaired) electrons. The van der Waals surface area contributed by atoms with Crippen LogP contribution in [0.3, 0.4) is 0 Å². The van der Waals surface area contributed by atoms with Gasteiger partial charge >= 0.3 is 12.2 Å². The molecule has 0 bridgehead atoms. The molecule has 2 aliphatic heterocycles. The first-order valence-electron chi connectivity index (χ1n) is 21.7. The first-order valence-corrected chi connectivity index (χ1v) is 21.7. The molecule has 1 saturated heterocycles. The maximum absolute atomic E-state index is 14.1. The zero-order valence-electron chi connectivity index (χ0n) is 37.8. The summed E-state index contributed by atoms with van der Waals surface area (Å²) in [6, 6.07) is 12.3. The molecule has 1 fully saturated rings. The predicted octanol–water partition coefficient (Wildman–Crippen LogP) is 7.51. The van der Waals surface area contributed by atoms with Crippen molar-refractivity contribution >= 4 is 45.8 Å². The van der Waals surface area contributed by atoms with Gasteiger partial charge in [0.15, 0.2) is 0 Å². The van der Waals surface area contributed by atoms with Crippen molar-refractivity contribution in [1.82, 2.24) is 40.4 Å². The number of benzene rings is 3. The molecule has 4 N–H and O–H groups in total. The van der Waals surface area contributed by atoms with Crippen molar-refractivity contribution in [2.75, 3.05) is 41.0 Å². The molecule has 16 heteroatoms. The summed E-state index contributed by atoms with van der Waals surface area (Å²) in [6.07, 6.45) is 1.14. The number of likely N-dealkylation sites (tertiary alicyclic amines) is 1. The molecule has 4 heterocycles. The molecular weight excluding hydrogens is 805 g/mol. The molecule has 5 atom stereocenters. The fourth-order valence-corrected chi connectivity index (χ4v) is 8.84. The van der Waals surface area contributed by atoms with Crippen molar-refractivity contribution in [2.24, 2.45) is 23.7 Å². The number of carbonyl (C=O) groups is 4. The van der Waals surface area contributed by atoms with Gasteiger partial charge in [0.2, 0.25) is 11.8 Å². The number of hydrogen-bond donors (Lipinski definition) is 4. The van der Waals surface area contributed by atoms with E-state index in [2.05, 4.69) is 64.8 Å². The van der Waals surface area contributed by atoms with Gasteiger partial charge in [-0.15, -0.1) is 0 Å². The molecule has 336 valence electrons. The number of aromatic amines is 2. The molecule has 0 spiro atoms. The number of aromatic nitrogens is 4. The number of hydrogen-bond acceptors (Lipinski definition) is 10. The molecule has 16 nitrogen and oxygen atoms in total. The van der Waals surface area contributed by atoms with Crippen LogP contribution in [0.25, 0.3) is 44.2 Å². The van der Waals surface area contributed by atoms with E-state index in [4.69, 9.17) is 28.9 Å². The third-order valence-corrected chi connectivity index (χ3v) is 12.2. The number of rotatable bonds is 14. The number of amides is 4. The summed E-state index contributed by atoms with van der Waals surface area (Å²) < 4.78 is 21.6. The Morgan fingerprint density at radius 1 is 0.889 bits per heavy atom. The van der Waals surface area contributed by atoms with Gasteiger partial charge in [0.25, 0.3) is 0 Å². The highest BCUT2D eigenvalue weighted by molar-refractivity contribution is 6.07. The number of nitrogens with zero attached hydrogens (tertiary/aromatic N) is 4. The van der Waals surface area contributed by atoms with Crippen LogP contribution >= 0.6 is 0 Å². The van der Waals surface area contributed by atoms with E-state index in [0.29, 0.717) is 44.4 Å². The monoisotopic (exact) mass is 864 g/mol. The standard InChI is InChI=1S/C47H60N8O8/c1-24(2)20-54(44(56)39(25(3)4)52-46(58)61-9)27(7)42-48-19-36(50-42)30-11-13-32-31(16-30)23-63-38-18-33-29(17-34(32)38)12-14-35-41(33)51-43(49-35)37-15-28(22-60-8)21-55(37)45(57)40(26(5)6)53-47(59)62-10/h11-14,16-19,24-28,37,39-40H,15,20-23H2,1-10H3,(H,48,50)(H,49,51)(H,52,58)(H,53,59)/t27-,28-,37-,39-,40-/m0/s1. The summed E-state index contributed by atoms with van der Waals surface area (Å²) >= 11 is 0. The van der Waals surface area contributed by atoms with E-state index in [1.807, 2.05) is 51.7 Å². The number of nitrogens with one attached hydrogen (secondary N) is 4. The normalized spacial score (nSPS) is 17.3. The highest BCUT2D eigenvalue weighted by Crippen LogP contribution is 2.43. The van der Waals surface area contributed by atoms with Crippen LogP contribution in [0.15, 0.2) is 48.7 Å². The summed E-state index contributed by atoms with van der Waals surface area (Å²) in [7, 11) is 4.23. The molecule has 0 aliphatic carbocycles. The van der Waals surface area contributed by atoms with Crippen LogP contribution in [0.2, 0.25) is 0 Å². The van der Waals surface area contributed by atoms with Gasteiger partial charge in [0.1, 0.15) is 36.1 Å². The van der Waals surface area contributed by atoms with Crippen LogP contribution in [-0.4, -0.2) is 107 Å². The minimum Gasteiger partial charge on any atom is -0.488 e. The Morgan fingerprint density at radius 3 is 2.27 bits per heavy atom. The molecule has 5 aromatic rings. The second kappa shape index (κ2) is 18.7. The molecule has 0 saturated carbocycles. The average Bonchev–Trinajstić information content (AvgIpc) is 4.04. The van der Waals surface area contributed by atoms with E-state index in [0.717, 1.165) is 55.5 Å². The third-order valence-electron chi connectivity index (χ3n) is 12.2. The fraction of sp³-hybridized carbons (Fsp3) is 0.489. The van der Waals surface area contributed by atoms with Crippen molar-refractivity contribution in [3.05, 3.63) is 65.9 Å². The lowest BCUT2D eigenvalue weighted by Gasteiger charge is -2.34. The van der Waals surface area contributed by atoms with Gasteiger partial charge in [-0.05, 0) is 77.4 Å². The van der Waals surface area contributed by atoms with Gasteiger partial charge < -0.3 is 49.3 Å². The number of imidazole rings is 2. The quantitative estimate of drug-likeness (QED) is 0.0869. The van der Waals surface area contributed by atoms with Crippen LogP contribution in [0, 0.1) is 23.7 Å². The minimum absolute atomic E-state index is 0.0938. The Morgan fingerprint density at radius 2 is 1.60 bits per heavy atom. The SMILES string of the molecule is COC[C@H]1C[C@@H](c2nc3c(ccc4cc5c(cc43)OCc3cc(-c4cnc([C@H](C)N(CC(C)C)C(=O)[C@@H](NC(=O)OC)C(C)C)[nH]4)ccc3-5)[nH]2)N(C(=O)[C@@H](NC(=O)OC)C(C)C)C1. The lowest BCUT2D eigenvalue weighted by Crippen LogP contribution is -2.52. The first-order chi connectivity index (χ1) is 30.1. The van der Waals surface area contributed by atoms with Gasteiger partial charge in [-0.3, -0.25) is 9.59 Å². The van der Waals surface area contributed by atoms with Crippen LogP contribution in [0.4, 0.5) is 9.59 Å². The van der Waals surface area contributed by atoms with E-state index >= 15 is 0 Å². The van der Waals surface area contributed by atoms with Crippen LogP contribution in [0.5, 0.6) is 5.75 Å². The van der Waals surface area contributed by atoms with E-state index in [1.165, 1.54) is 14.2 Å². The maximum Gasteiger partial charge on any atom is 0.407 e. The largest absolute Gasteiger partial charge is 0.488 e. The van der Waals surface area contributed by atoms with E-state index < -0.39 is 30.3 Å². The summed E-state index contributed by atoms with van der Waals surface area (Å²) in [5.41, 5.74) is 6.42. The highest BCUT2D eigenvalue weighted by Gasteiger charge is 2.42. The topological polar surface area (TPSA) is 193 Å². The number of methoxy groups -OCH3 is 3. The molecule has 3 aromatic carbocycles. The number of fused-ring (bicyclic) bond motifs is 6. The fourth-order valence-electron chi connectivity index (χ4n) is 8.84. The molecule has 63 heavy (non-hydrogen) atoms. The van der Waals surface area contributed by atoms with Gasteiger partial charge in [0.05, 0.1) is 55.8 Å². The Labute approximate surface area is 367 Å². The number of carbonyl (C=O) groups excluding carboxylic acids is 4. The summed E-state index contributed by atoms with van der Waals surface area (Å²) in [4.78, 5) is 72.8. The van der Waals surface area contributed by atoms with Gasteiger partial charge in [-0.25, -0.2) is 19.6 Å². The zero-order valence-corrected chi connectivity index (χ0v) is 37.8. The smallest absolute Gasteiger partial charge is 0.407 e. The molecule has 7 rings (SSSR count). The maximum atomic E-state index is 14.1. The van der Waals surface area contributed by atoms with Gasteiger partial charge in [-0.2, -0.15) is 0 Å². The second-order valence-corrected chi connectivity index (χ2v) is 17.8. The van der Waals surface area contributed by atoms with Crippen molar-refractivity contribution in [2.45, 2.75) is 85.7 Å². The van der Waals surface area contributed by atoms with E-state index in [-0.39, 0.29) is 41.5 Å². The summed E-state index contributed by atoms with van der Waals surface area (Å²) in [6.45, 7) is 15.4. The molecule has 2 aromatic heterocycles. The lowest BCUT2D eigenvalue weighted by atomic mass is 9.92. The Bertz CT molecular complexity index is 2490. The zero-order chi connectivity index (χ0) is 45.3. The average molecular weight is 865 g/mol. The Balaban J connectivity index is 1.15. The van der Waals surface area contributed by atoms with E-state index in [9.17, 15) is 19.2 Å².